The van der Waals surface area contributed by atoms with Crippen LogP contribution in [0.3, 0.4) is 0 Å². The highest BCUT2D eigenvalue weighted by Crippen LogP contribution is 2.30. The Kier molecular flexibility index (Phi) is 6.68. The molecule has 4 rings (SSSR count). The normalized spacial score (nSPS) is 17.2. The lowest BCUT2D eigenvalue weighted by atomic mass is 10.0. The van der Waals surface area contributed by atoms with Gasteiger partial charge in [0.1, 0.15) is 5.75 Å². The minimum absolute atomic E-state index is 0.169. The number of carbonyl (C=O) groups excluding carboxylic acids is 1. The summed E-state index contributed by atoms with van der Waals surface area (Å²) in [6.07, 6.45) is 6.93. The van der Waals surface area contributed by atoms with Gasteiger partial charge in [-0.2, -0.15) is 0 Å². The fourth-order valence-electron chi connectivity index (χ4n) is 3.33. The molecule has 1 fully saturated rings. The van der Waals surface area contributed by atoms with Gasteiger partial charge in [-0.05, 0) is 25.1 Å². The van der Waals surface area contributed by atoms with Crippen molar-refractivity contribution in [3.05, 3.63) is 54.7 Å². The lowest BCUT2D eigenvalue weighted by Crippen LogP contribution is -2.53. The molecule has 0 bridgehead atoms. The molecule has 4 heterocycles. The largest absolute Gasteiger partial charge is 0.488 e. The second-order valence-corrected chi connectivity index (χ2v) is 7.41. The predicted octanol–water partition coefficient (Wildman–Crippen LogP) is 2.85. The first-order chi connectivity index (χ1) is 15.9. The van der Waals surface area contributed by atoms with Crippen molar-refractivity contribution in [1.82, 2.24) is 30.6 Å². The third-order valence-corrected chi connectivity index (χ3v) is 4.79. The Morgan fingerprint density at radius 2 is 2.06 bits per heavy atom. The van der Waals surface area contributed by atoms with E-state index in [1.54, 1.807) is 30.6 Å². The van der Waals surface area contributed by atoms with E-state index in [9.17, 15) is 13.6 Å². The van der Waals surface area contributed by atoms with E-state index in [1.807, 2.05) is 6.92 Å². The van der Waals surface area contributed by atoms with Crippen molar-refractivity contribution in [2.45, 2.75) is 25.3 Å². The molecule has 9 nitrogen and oxygen atoms in total. The van der Waals surface area contributed by atoms with Crippen molar-refractivity contribution in [3.63, 3.8) is 0 Å². The Bertz CT molecular complexity index is 1110. The van der Waals surface area contributed by atoms with Gasteiger partial charge in [-0.3, -0.25) is 9.78 Å². The Morgan fingerprint density at radius 1 is 1.24 bits per heavy atom. The minimum Gasteiger partial charge on any atom is -0.488 e. The van der Waals surface area contributed by atoms with Gasteiger partial charge in [-0.1, -0.05) is 0 Å². The molecular weight excluding hydrogens is 434 g/mol. The van der Waals surface area contributed by atoms with Crippen LogP contribution in [0.15, 0.2) is 49.2 Å². The zero-order valence-electron chi connectivity index (χ0n) is 17.8. The molecule has 1 saturated heterocycles. The van der Waals surface area contributed by atoms with E-state index in [0.717, 1.165) is 0 Å². The molecule has 2 N–H and O–H groups in total. The van der Waals surface area contributed by atoms with Crippen molar-refractivity contribution in [2.75, 3.05) is 19.7 Å². The number of hydrogen-bond donors (Lipinski definition) is 2. The van der Waals surface area contributed by atoms with Crippen molar-refractivity contribution < 1.29 is 23.0 Å². The molecule has 0 spiro atoms. The van der Waals surface area contributed by atoms with Crippen LogP contribution >= 0.6 is 0 Å². The summed E-state index contributed by atoms with van der Waals surface area (Å²) in [6, 6.07) is 4.50. The van der Waals surface area contributed by atoms with Gasteiger partial charge in [0.25, 0.3) is 17.7 Å². The van der Waals surface area contributed by atoms with Gasteiger partial charge in [-0.25, -0.2) is 23.7 Å². The van der Waals surface area contributed by atoms with Crippen LogP contribution in [-0.4, -0.2) is 57.5 Å². The van der Waals surface area contributed by atoms with E-state index in [-0.39, 0.29) is 18.7 Å². The number of nitrogens with zero attached hydrogens (tertiary/aromatic N) is 4. The number of nitrogens with one attached hydrogen (secondary N) is 2. The van der Waals surface area contributed by atoms with E-state index in [1.165, 1.54) is 18.6 Å². The third-order valence-electron chi connectivity index (χ3n) is 4.79. The number of alkyl halides is 2. The monoisotopic (exact) mass is 456 g/mol. The molecule has 1 amide bonds. The lowest BCUT2D eigenvalue weighted by molar-refractivity contribution is -0.0301. The van der Waals surface area contributed by atoms with E-state index >= 15 is 0 Å². The smallest absolute Gasteiger partial charge is 0.262 e. The number of pyridine rings is 2. The average molecular weight is 456 g/mol. The van der Waals surface area contributed by atoms with E-state index in [0.29, 0.717) is 35.4 Å². The van der Waals surface area contributed by atoms with Gasteiger partial charge < -0.3 is 20.1 Å². The van der Waals surface area contributed by atoms with Gasteiger partial charge in [-0.15, -0.1) is 0 Å². The number of carbonyl (C=O) groups is 1. The van der Waals surface area contributed by atoms with Crippen molar-refractivity contribution in [3.8, 4) is 28.8 Å². The fraction of sp³-hybridized carbons (Fsp3) is 0.318. The Balaban J connectivity index is 1.44. The molecular formula is C22H22F2N6O3. The molecule has 33 heavy (non-hydrogen) atoms. The summed E-state index contributed by atoms with van der Waals surface area (Å²) in [7, 11) is 0. The Labute approximate surface area is 188 Å². The van der Waals surface area contributed by atoms with Crippen LogP contribution in [0.4, 0.5) is 8.78 Å². The lowest BCUT2D eigenvalue weighted by Gasteiger charge is -2.30. The van der Waals surface area contributed by atoms with Crippen LogP contribution in [0.1, 0.15) is 23.7 Å². The highest BCUT2D eigenvalue weighted by atomic mass is 19.3. The quantitative estimate of drug-likeness (QED) is 0.558. The molecule has 0 aromatic carbocycles. The summed E-state index contributed by atoms with van der Waals surface area (Å²) in [5, 5.41) is 5.21. The second kappa shape index (κ2) is 9.82. The zero-order chi connectivity index (χ0) is 23.3. The molecule has 3 aromatic heterocycles. The number of amides is 1. The number of hydrogen-bond acceptors (Lipinski definition) is 8. The Hall–Kier alpha value is -3.73. The van der Waals surface area contributed by atoms with E-state index in [4.69, 9.17) is 9.47 Å². The fourth-order valence-corrected chi connectivity index (χ4v) is 3.33. The summed E-state index contributed by atoms with van der Waals surface area (Å²) in [5.41, 5.74) is 0.729. The van der Waals surface area contributed by atoms with Crippen LogP contribution in [0.25, 0.3) is 11.4 Å². The molecule has 11 heteroatoms. The van der Waals surface area contributed by atoms with Crippen molar-refractivity contribution in [1.29, 1.82) is 0 Å². The molecule has 1 atom stereocenters. The highest BCUT2D eigenvalue weighted by Gasteiger charge is 2.36. The van der Waals surface area contributed by atoms with Crippen LogP contribution in [-0.2, 0) is 0 Å². The molecule has 1 aliphatic heterocycles. The summed E-state index contributed by atoms with van der Waals surface area (Å²) in [4.78, 5) is 29.2. The molecule has 1 unspecified atom stereocenters. The van der Waals surface area contributed by atoms with E-state index < -0.39 is 24.3 Å². The topological polar surface area (TPSA) is 111 Å². The number of aromatic nitrogens is 4. The SMILES string of the molecule is CCOc1cccnc1Oc1cncc(-c2ncc(C(=O)NC3CNCC(F)(F)C3)cn2)c1. The Morgan fingerprint density at radius 3 is 2.82 bits per heavy atom. The maximum absolute atomic E-state index is 13.5. The molecule has 3 aromatic rings. The molecule has 172 valence electrons. The van der Waals surface area contributed by atoms with Crippen LogP contribution in [0, 0.1) is 0 Å². The van der Waals surface area contributed by atoms with Gasteiger partial charge >= 0.3 is 0 Å². The molecule has 0 radical (unpaired) electrons. The van der Waals surface area contributed by atoms with Crippen molar-refractivity contribution >= 4 is 5.91 Å². The maximum atomic E-state index is 13.5. The van der Waals surface area contributed by atoms with Crippen LogP contribution in [0.5, 0.6) is 17.4 Å². The van der Waals surface area contributed by atoms with E-state index in [2.05, 4.69) is 30.6 Å². The summed E-state index contributed by atoms with van der Waals surface area (Å²) < 4.78 is 38.3. The first kappa shape index (κ1) is 22.5. The van der Waals surface area contributed by atoms with Crippen molar-refractivity contribution in [2.24, 2.45) is 0 Å². The minimum atomic E-state index is -2.85. The zero-order valence-corrected chi connectivity index (χ0v) is 17.8. The first-order valence-corrected chi connectivity index (χ1v) is 10.4. The standard InChI is InChI=1S/C22H22F2N6O3/c1-2-32-18-4-3-5-27-21(18)33-17-6-14(8-25-12-17)19-28-9-15(10-29-19)20(31)30-16-7-22(23,24)13-26-11-16/h3-6,8-10,12,16,26H,2,7,11,13H2,1H3,(H,30,31). The maximum Gasteiger partial charge on any atom is 0.262 e. The summed E-state index contributed by atoms with van der Waals surface area (Å²) in [6.45, 7) is 2.22. The van der Waals surface area contributed by atoms with Gasteiger partial charge in [0, 0.05) is 49.4 Å². The third kappa shape index (κ3) is 5.75. The van der Waals surface area contributed by atoms with Crippen LogP contribution in [0.2, 0.25) is 0 Å². The highest BCUT2D eigenvalue weighted by molar-refractivity contribution is 5.93. The van der Waals surface area contributed by atoms with Gasteiger partial charge in [0.05, 0.1) is 24.9 Å². The van der Waals surface area contributed by atoms with Crippen LogP contribution < -0.4 is 20.1 Å². The second-order valence-electron chi connectivity index (χ2n) is 7.41. The van der Waals surface area contributed by atoms with Gasteiger partial charge in [0.2, 0.25) is 0 Å². The first-order valence-electron chi connectivity index (χ1n) is 10.4. The van der Waals surface area contributed by atoms with Gasteiger partial charge in [0.15, 0.2) is 11.6 Å². The average Bonchev–Trinajstić information content (AvgIpc) is 2.80. The number of halogens is 2. The number of piperidine rings is 1. The summed E-state index contributed by atoms with van der Waals surface area (Å²) in [5.74, 6) is -1.84. The molecule has 1 aliphatic rings. The molecule has 0 aliphatic carbocycles. The number of rotatable bonds is 7. The molecule has 0 saturated carbocycles. The number of ether oxygens (including phenoxy) is 2. The summed E-state index contributed by atoms with van der Waals surface area (Å²) >= 11 is 0. The predicted molar refractivity (Wildman–Crippen MR) is 114 cm³/mol.